The minimum absolute atomic E-state index is 0.167. The predicted molar refractivity (Wildman–Crippen MR) is 315 cm³/mol. The van der Waals surface area contributed by atoms with E-state index in [1.807, 2.05) is 75.4 Å². The first-order valence-electron chi connectivity index (χ1n) is 28.4. The number of amides is 4. The smallest absolute Gasteiger partial charge is 0.255 e. The molecule has 6 aromatic carbocycles. The van der Waals surface area contributed by atoms with Crippen LogP contribution in [-0.4, -0.2) is 83.7 Å². The number of piperidine rings is 1. The number of carbonyl (C=O) groups excluding carboxylic acids is 4. The summed E-state index contributed by atoms with van der Waals surface area (Å²) in [6.07, 6.45) is 4.21. The van der Waals surface area contributed by atoms with E-state index in [2.05, 4.69) is 33.5 Å². The Labute approximate surface area is 478 Å². The predicted octanol–water partition coefficient (Wildman–Crippen LogP) is 11.2. The molecule has 3 heterocycles. The van der Waals surface area contributed by atoms with Gasteiger partial charge in [0.15, 0.2) is 0 Å². The van der Waals surface area contributed by atoms with Crippen LogP contribution in [0.5, 0.6) is 17.2 Å². The maximum atomic E-state index is 14.1. The van der Waals surface area contributed by atoms with Crippen LogP contribution in [0.4, 0.5) is 8.78 Å². The van der Waals surface area contributed by atoms with Crippen LogP contribution < -0.4 is 46.5 Å². The van der Waals surface area contributed by atoms with Crippen molar-refractivity contribution >= 4 is 34.6 Å². The van der Waals surface area contributed by atoms with Gasteiger partial charge in [0.1, 0.15) is 51.7 Å². The molecule has 1 fully saturated rings. The van der Waals surface area contributed by atoms with Gasteiger partial charge >= 0.3 is 0 Å². The molecule has 14 nitrogen and oxygen atoms in total. The van der Waals surface area contributed by atoms with E-state index in [0.29, 0.717) is 112 Å². The third-order valence-electron chi connectivity index (χ3n) is 15.6. The minimum atomic E-state index is -1.11. The van der Waals surface area contributed by atoms with Gasteiger partial charge in [-0.15, -0.1) is 0 Å². The highest BCUT2D eigenvalue weighted by Gasteiger charge is 2.50. The molecule has 430 valence electrons. The number of ether oxygens (including phenoxy) is 3. The number of benzene rings is 6. The van der Waals surface area contributed by atoms with Crippen molar-refractivity contribution in [2.24, 2.45) is 29.4 Å². The summed E-state index contributed by atoms with van der Waals surface area (Å²) >= 11 is 0. The molecule has 1 aromatic heterocycles. The fourth-order valence-corrected chi connectivity index (χ4v) is 11.3. The van der Waals surface area contributed by atoms with Crippen LogP contribution in [0.15, 0.2) is 126 Å². The molecule has 2 aliphatic heterocycles. The average molecular weight is 1120 g/mol. The molecule has 0 saturated carbocycles. The molecule has 5 unspecified atom stereocenters. The summed E-state index contributed by atoms with van der Waals surface area (Å²) in [6, 6.07) is 34.0. The average Bonchev–Trinajstić information content (AvgIpc) is 2.76. The third-order valence-corrected chi connectivity index (χ3v) is 15.6. The van der Waals surface area contributed by atoms with Crippen molar-refractivity contribution in [1.29, 1.82) is 0 Å². The van der Waals surface area contributed by atoms with E-state index in [4.69, 9.17) is 24.4 Å². The maximum Gasteiger partial charge on any atom is 0.255 e. The zero-order chi connectivity index (χ0) is 58.1. The standard InChI is InChI=1S/C66H74F2N6O8/c1-39(2)35-73-62(75)48-27-46(44-11-19-57-55(33-44)59(64(77)70-5)61(81-57)43-9-15-51(67)16-10-43)30-54(32-48)80-24-21-41-26-42(38-72-37-41)25-40(3)36-74-63(76)49-28-47(29-53(31-49)79-23-8-7-22-69)45-12-20-58-56(34-45)60(65(78)71-6)66(4,82-58)50-13-17-52(68)18-14-50/h9-20,27-34,39-42,60,72H,7-8,21-26,35-38,69H2,1-6H3,(H,70,77)(H,71,78)(H,73,75)(H,74,76). The molecule has 0 spiro atoms. The van der Waals surface area contributed by atoms with Crippen molar-refractivity contribution in [3.8, 4) is 50.8 Å². The molecule has 1 saturated heterocycles. The second-order valence-corrected chi connectivity index (χ2v) is 22.4. The maximum absolute atomic E-state index is 14.1. The van der Waals surface area contributed by atoms with Crippen LogP contribution in [0.2, 0.25) is 0 Å². The first-order chi connectivity index (χ1) is 39.5. The lowest BCUT2D eigenvalue weighted by atomic mass is 9.79. The number of fused-ring (bicyclic) bond motifs is 2. The van der Waals surface area contributed by atoms with Crippen molar-refractivity contribution in [2.75, 3.05) is 60.0 Å². The summed E-state index contributed by atoms with van der Waals surface area (Å²) in [7, 11) is 3.13. The van der Waals surface area contributed by atoms with Gasteiger partial charge < -0.3 is 50.9 Å². The van der Waals surface area contributed by atoms with E-state index in [1.54, 1.807) is 56.6 Å². The van der Waals surface area contributed by atoms with Gasteiger partial charge in [-0.05, 0) is 207 Å². The van der Waals surface area contributed by atoms with Gasteiger partial charge in [0, 0.05) is 54.8 Å². The van der Waals surface area contributed by atoms with Gasteiger partial charge in [0.2, 0.25) is 5.91 Å². The second-order valence-electron chi connectivity index (χ2n) is 22.4. The van der Waals surface area contributed by atoms with Gasteiger partial charge in [0.25, 0.3) is 17.7 Å². The summed E-state index contributed by atoms with van der Waals surface area (Å²) in [6.45, 7) is 12.1. The van der Waals surface area contributed by atoms with Crippen LogP contribution >= 0.6 is 0 Å². The van der Waals surface area contributed by atoms with Crippen molar-refractivity contribution in [2.45, 2.75) is 71.3 Å². The zero-order valence-corrected chi connectivity index (χ0v) is 47.5. The second kappa shape index (κ2) is 26.2. The number of rotatable bonds is 23. The number of nitrogens with one attached hydrogen (secondary N) is 5. The van der Waals surface area contributed by atoms with Crippen molar-refractivity contribution < 1.29 is 46.6 Å². The summed E-state index contributed by atoms with van der Waals surface area (Å²) in [5.74, 6) is 0.479. The van der Waals surface area contributed by atoms with Crippen LogP contribution in [0.3, 0.4) is 0 Å². The molecule has 7 aromatic rings. The Kier molecular flexibility index (Phi) is 18.7. The Balaban J connectivity index is 0.852. The van der Waals surface area contributed by atoms with Crippen LogP contribution in [-0.2, 0) is 10.4 Å². The van der Waals surface area contributed by atoms with Gasteiger partial charge in [-0.1, -0.05) is 45.0 Å². The normalized spacial score (nSPS) is 17.9. The largest absolute Gasteiger partial charge is 0.494 e. The number of hydrogen-bond acceptors (Lipinski definition) is 10. The first-order valence-corrected chi connectivity index (χ1v) is 28.4. The number of unbranched alkanes of at least 4 members (excludes halogenated alkanes) is 1. The van der Waals surface area contributed by atoms with E-state index in [-0.39, 0.29) is 41.3 Å². The molecule has 82 heavy (non-hydrogen) atoms. The summed E-state index contributed by atoms with van der Waals surface area (Å²) in [4.78, 5) is 54.7. The quantitative estimate of drug-likeness (QED) is 0.0336. The minimum Gasteiger partial charge on any atom is -0.494 e. The molecule has 0 aliphatic carbocycles. The SMILES string of the molecule is CNC(=O)c1c(-c2ccc(F)cc2)oc2ccc(-c3cc(OCCC4CNCC(CC(C)CNC(=O)c5cc(OCCCCN)cc(-c6ccc7c(c6)C(C(=O)NC)C(C)(c6ccc(F)cc6)O7)c5)C4)cc(C(=O)NCC(C)C)c3)cc12. The summed E-state index contributed by atoms with van der Waals surface area (Å²) < 4.78 is 53.3. The van der Waals surface area contributed by atoms with Crippen LogP contribution in [0, 0.1) is 35.3 Å². The molecule has 4 amide bonds. The molecular weight excluding hydrogens is 1040 g/mol. The van der Waals surface area contributed by atoms with E-state index < -0.39 is 17.3 Å². The van der Waals surface area contributed by atoms with Crippen LogP contribution in [0.25, 0.3) is 44.5 Å². The Hall–Kier alpha value is -8.08. The third kappa shape index (κ3) is 13.6. The fourth-order valence-electron chi connectivity index (χ4n) is 11.3. The van der Waals surface area contributed by atoms with Crippen LogP contribution in [0.1, 0.15) is 108 Å². The highest BCUT2D eigenvalue weighted by molar-refractivity contribution is 6.12. The number of halogens is 2. The molecule has 9 rings (SSSR count). The molecular formula is C66H74F2N6O8. The lowest BCUT2D eigenvalue weighted by Crippen LogP contribution is -2.40. The molecule has 16 heteroatoms. The van der Waals surface area contributed by atoms with E-state index in [9.17, 15) is 28.0 Å². The monoisotopic (exact) mass is 1120 g/mol. The number of carbonyl (C=O) groups is 4. The van der Waals surface area contributed by atoms with Gasteiger partial charge in [-0.3, -0.25) is 19.2 Å². The molecule has 7 N–H and O–H groups in total. The Bertz CT molecular complexity index is 3420. The van der Waals surface area contributed by atoms with Crippen molar-refractivity contribution in [1.82, 2.24) is 26.6 Å². The molecule has 0 bridgehead atoms. The molecule has 5 atom stereocenters. The highest BCUT2D eigenvalue weighted by Crippen LogP contribution is 2.51. The number of furan rings is 1. The zero-order valence-electron chi connectivity index (χ0n) is 47.5. The highest BCUT2D eigenvalue weighted by atomic mass is 19.1. The van der Waals surface area contributed by atoms with Gasteiger partial charge in [0.05, 0.1) is 18.8 Å². The van der Waals surface area contributed by atoms with Gasteiger partial charge in [-0.25, -0.2) is 8.78 Å². The van der Waals surface area contributed by atoms with E-state index in [0.717, 1.165) is 67.4 Å². The first kappa shape index (κ1) is 58.6. The van der Waals surface area contributed by atoms with E-state index >= 15 is 0 Å². The Morgan fingerprint density at radius 1 is 0.683 bits per heavy atom. The number of hydrogen-bond donors (Lipinski definition) is 6. The summed E-state index contributed by atoms with van der Waals surface area (Å²) in [5.41, 5.74) is 11.2. The fraction of sp³-hybridized carbons (Fsp3) is 0.364. The molecule has 0 radical (unpaired) electrons. The topological polar surface area (TPSA) is 195 Å². The number of nitrogens with two attached hydrogens (primary N) is 1. The molecule has 2 aliphatic rings. The van der Waals surface area contributed by atoms with Crippen molar-refractivity contribution in [3.63, 3.8) is 0 Å². The Morgan fingerprint density at radius 2 is 1.29 bits per heavy atom. The van der Waals surface area contributed by atoms with E-state index in [1.165, 1.54) is 24.3 Å². The lowest BCUT2D eigenvalue weighted by Gasteiger charge is -2.31. The van der Waals surface area contributed by atoms with Crippen molar-refractivity contribution in [3.05, 3.63) is 161 Å². The Morgan fingerprint density at radius 3 is 1.94 bits per heavy atom. The number of likely N-dealkylation sites (N-methyl/N-ethyl adjacent to an activating group) is 1. The van der Waals surface area contributed by atoms with Gasteiger partial charge in [-0.2, -0.15) is 0 Å². The summed E-state index contributed by atoms with van der Waals surface area (Å²) in [5, 5.41) is 15.9. The lowest BCUT2D eigenvalue weighted by molar-refractivity contribution is -0.125.